The smallest absolute Gasteiger partial charge is 0.318 e. The SMILES string of the molecule is COc1nc(C)cc(NC[C@H]2C[C@@H](OC)CN2c2ccncn2)n1. The fourth-order valence-electron chi connectivity index (χ4n) is 2.92. The first-order chi connectivity index (χ1) is 11.7. The molecule has 2 aromatic heterocycles. The highest BCUT2D eigenvalue weighted by molar-refractivity contribution is 5.43. The Labute approximate surface area is 141 Å². The van der Waals surface area contributed by atoms with Gasteiger partial charge in [0.1, 0.15) is 18.0 Å². The van der Waals surface area contributed by atoms with Crippen molar-refractivity contribution < 1.29 is 9.47 Å². The summed E-state index contributed by atoms with van der Waals surface area (Å²) in [4.78, 5) is 19.1. The van der Waals surface area contributed by atoms with Gasteiger partial charge in [-0.2, -0.15) is 4.98 Å². The van der Waals surface area contributed by atoms with Crippen molar-refractivity contribution in [3.05, 3.63) is 30.4 Å². The predicted molar refractivity (Wildman–Crippen MR) is 90.4 cm³/mol. The monoisotopic (exact) mass is 330 g/mol. The predicted octanol–water partition coefficient (Wildman–Crippen LogP) is 1.29. The first-order valence-electron chi connectivity index (χ1n) is 7.88. The highest BCUT2D eigenvalue weighted by Gasteiger charge is 2.32. The molecule has 2 aromatic rings. The lowest BCUT2D eigenvalue weighted by Gasteiger charge is -2.25. The highest BCUT2D eigenvalue weighted by atomic mass is 16.5. The second-order valence-electron chi connectivity index (χ2n) is 5.73. The molecule has 1 fully saturated rings. The number of nitrogens with one attached hydrogen (secondary N) is 1. The lowest BCUT2D eigenvalue weighted by atomic mass is 10.2. The van der Waals surface area contributed by atoms with Gasteiger partial charge in [0.05, 0.1) is 19.3 Å². The van der Waals surface area contributed by atoms with Crippen LogP contribution in [-0.4, -0.2) is 59.4 Å². The molecule has 0 radical (unpaired) electrons. The Hall–Kier alpha value is -2.48. The summed E-state index contributed by atoms with van der Waals surface area (Å²) in [7, 11) is 3.31. The van der Waals surface area contributed by atoms with Gasteiger partial charge < -0.3 is 19.7 Å². The van der Waals surface area contributed by atoms with Crippen LogP contribution in [0.1, 0.15) is 12.1 Å². The van der Waals surface area contributed by atoms with Gasteiger partial charge >= 0.3 is 6.01 Å². The minimum Gasteiger partial charge on any atom is -0.467 e. The van der Waals surface area contributed by atoms with E-state index >= 15 is 0 Å². The third-order valence-corrected chi connectivity index (χ3v) is 4.11. The molecule has 0 amide bonds. The van der Waals surface area contributed by atoms with Crippen molar-refractivity contribution in [2.24, 2.45) is 0 Å². The number of hydrogen-bond acceptors (Lipinski definition) is 8. The molecule has 128 valence electrons. The molecule has 2 atom stereocenters. The van der Waals surface area contributed by atoms with Gasteiger partial charge in [0, 0.05) is 38.2 Å². The largest absolute Gasteiger partial charge is 0.467 e. The standard InChI is InChI=1S/C16H22N6O2/c1-11-6-14(21-16(20-11)24-3)18-8-12-7-13(23-2)9-22(12)15-4-5-17-10-19-15/h4-6,10,12-13H,7-9H2,1-3H3,(H,18,20,21)/t12-,13-/m1/s1. The summed E-state index contributed by atoms with van der Waals surface area (Å²) in [5.74, 6) is 1.66. The van der Waals surface area contributed by atoms with Crippen LogP contribution >= 0.6 is 0 Å². The van der Waals surface area contributed by atoms with E-state index in [9.17, 15) is 0 Å². The van der Waals surface area contributed by atoms with Crippen molar-refractivity contribution in [3.8, 4) is 6.01 Å². The van der Waals surface area contributed by atoms with Gasteiger partial charge in [0.15, 0.2) is 0 Å². The maximum Gasteiger partial charge on any atom is 0.318 e. The van der Waals surface area contributed by atoms with Crippen molar-refractivity contribution in [1.29, 1.82) is 0 Å². The molecule has 24 heavy (non-hydrogen) atoms. The first kappa shape index (κ1) is 16.4. The van der Waals surface area contributed by atoms with Gasteiger partial charge in [-0.1, -0.05) is 0 Å². The molecule has 1 aliphatic rings. The molecule has 8 nitrogen and oxygen atoms in total. The molecule has 0 unspecified atom stereocenters. The van der Waals surface area contributed by atoms with Crippen molar-refractivity contribution in [1.82, 2.24) is 19.9 Å². The van der Waals surface area contributed by atoms with Gasteiger partial charge in [-0.3, -0.25) is 0 Å². The molecule has 3 heterocycles. The topological polar surface area (TPSA) is 85.3 Å². The van der Waals surface area contributed by atoms with Crippen molar-refractivity contribution >= 4 is 11.6 Å². The molecule has 1 aliphatic heterocycles. The van der Waals surface area contributed by atoms with Crippen LogP contribution in [0.15, 0.2) is 24.7 Å². The van der Waals surface area contributed by atoms with Crippen LogP contribution in [0.3, 0.4) is 0 Å². The van der Waals surface area contributed by atoms with E-state index in [0.29, 0.717) is 6.01 Å². The number of rotatable bonds is 6. The van der Waals surface area contributed by atoms with Crippen LogP contribution in [-0.2, 0) is 4.74 Å². The molecule has 8 heteroatoms. The van der Waals surface area contributed by atoms with Crippen molar-refractivity contribution in [2.75, 3.05) is 37.5 Å². The molecule has 0 spiro atoms. The van der Waals surface area contributed by atoms with Crippen LogP contribution in [0, 0.1) is 6.92 Å². The average molecular weight is 330 g/mol. The fourth-order valence-corrected chi connectivity index (χ4v) is 2.92. The number of nitrogens with zero attached hydrogens (tertiary/aromatic N) is 5. The van der Waals surface area contributed by atoms with Gasteiger partial charge in [0.2, 0.25) is 0 Å². The lowest BCUT2D eigenvalue weighted by Crippen LogP contribution is -2.35. The molecular weight excluding hydrogens is 308 g/mol. The second-order valence-corrected chi connectivity index (χ2v) is 5.73. The number of hydrogen-bond donors (Lipinski definition) is 1. The van der Waals surface area contributed by atoms with Crippen LogP contribution in [0.25, 0.3) is 0 Å². The fraction of sp³-hybridized carbons (Fsp3) is 0.500. The summed E-state index contributed by atoms with van der Waals surface area (Å²) in [5.41, 5.74) is 0.859. The van der Waals surface area contributed by atoms with Gasteiger partial charge in [-0.05, 0) is 19.4 Å². The zero-order chi connectivity index (χ0) is 16.9. The normalized spacial score (nSPS) is 20.2. The number of ether oxygens (including phenoxy) is 2. The molecule has 1 N–H and O–H groups in total. The summed E-state index contributed by atoms with van der Waals surface area (Å²) >= 11 is 0. The second kappa shape index (κ2) is 7.39. The molecule has 1 saturated heterocycles. The molecule has 0 bridgehead atoms. The quantitative estimate of drug-likeness (QED) is 0.848. The number of aromatic nitrogens is 4. The summed E-state index contributed by atoms with van der Waals surface area (Å²) in [6.45, 7) is 3.45. The zero-order valence-corrected chi connectivity index (χ0v) is 14.1. The Morgan fingerprint density at radius 1 is 1.33 bits per heavy atom. The van der Waals surface area contributed by atoms with Crippen LogP contribution in [0.4, 0.5) is 11.6 Å². The number of methoxy groups -OCH3 is 2. The maximum atomic E-state index is 5.54. The van der Waals surface area contributed by atoms with Crippen molar-refractivity contribution in [2.45, 2.75) is 25.5 Å². The zero-order valence-electron chi connectivity index (χ0n) is 14.1. The molecule has 0 saturated carbocycles. The van der Waals surface area contributed by atoms with Crippen LogP contribution in [0.2, 0.25) is 0 Å². The van der Waals surface area contributed by atoms with E-state index in [2.05, 4.69) is 30.2 Å². The summed E-state index contributed by atoms with van der Waals surface area (Å²) in [6, 6.07) is 4.45. The summed E-state index contributed by atoms with van der Waals surface area (Å²) in [6.07, 6.45) is 4.44. The molecule has 0 aliphatic carbocycles. The van der Waals surface area contributed by atoms with E-state index in [1.54, 1.807) is 26.7 Å². The Kier molecular flexibility index (Phi) is 5.05. The minimum absolute atomic E-state index is 0.188. The first-order valence-corrected chi connectivity index (χ1v) is 7.88. The van der Waals surface area contributed by atoms with E-state index in [0.717, 1.165) is 36.8 Å². The minimum atomic E-state index is 0.188. The number of aryl methyl sites for hydroxylation is 1. The Balaban J connectivity index is 1.71. The van der Waals surface area contributed by atoms with E-state index in [1.165, 1.54) is 0 Å². The Morgan fingerprint density at radius 3 is 2.92 bits per heavy atom. The van der Waals surface area contributed by atoms with Crippen LogP contribution in [0.5, 0.6) is 6.01 Å². The molecule has 0 aromatic carbocycles. The van der Waals surface area contributed by atoms with Gasteiger partial charge in [-0.25, -0.2) is 15.0 Å². The third-order valence-electron chi connectivity index (χ3n) is 4.11. The highest BCUT2D eigenvalue weighted by Crippen LogP contribution is 2.25. The third kappa shape index (κ3) is 3.70. The average Bonchev–Trinajstić information content (AvgIpc) is 3.03. The van der Waals surface area contributed by atoms with Crippen LogP contribution < -0.4 is 15.0 Å². The van der Waals surface area contributed by atoms with E-state index in [-0.39, 0.29) is 12.1 Å². The van der Waals surface area contributed by atoms with E-state index in [1.807, 2.05) is 19.1 Å². The summed E-state index contributed by atoms with van der Waals surface area (Å²) < 4.78 is 10.7. The molecular formula is C16H22N6O2. The number of anilines is 2. The van der Waals surface area contributed by atoms with Crippen molar-refractivity contribution in [3.63, 3.8) is 0 Å². The Morgan fingerprint density at radius 2 is 2.21 bits per heavy atom. The van der Waals surface area contributed by atoms with E-state index < -0.39 is 0 Å². The Bertz CT molecular complexity index is 669. The lowest BCUT2D eigenvalue weighted by molar-refractivity contribution is 0.118. The van der Waals surface area contributed by atoms with Gasteiger partial charge in [-0.15, -0.1) is 0 Å². The van der Waals surface area contributed by atoms with Gasteiger partial charge in [0.25, 0.3) is 0 Å². The van der Waals surface area contributed by atoms with E-state index in [4.69, 9.17) is 9.47 Å². The maximum absolute atomic E-state index is 5.54. The summed E-state index contributed by atoms with van der Waals surface area (Å²) in [5, 5.41) is 3.37. The molecule has 3 rings (SSSR count).